The van der Waals surface area contributed by atoms with Crippen LogP contribution in [0.4, 0.5) is 0 Å². The molecule has 9 heteroatoms. The molecule has 0 saturated carbocycles. The molecule has 1 aromatic carbocycles. The lowest BCUT2D eigenvalue weighted by molar-refractivity contribution is 0.291. The molecule has 146 valence electrons. The van der Waals surface area contributed by atoms with Crippen LogP contribution in [0.1, 0.15) is 24.5 Å². The van der Waals surface area contributed by atoms with E-state index in [9.17, 15) is 8.42 Å². The van der Waals surface area contributed by atoms with Gasteiger partial charge in [0.15, 0.2) is 0 Å². The molecule has 0 amide bonds. The molecule has 0 N–H and O–H groups in total. The van der Waals surface area contributed by atoms with E-state index >= 15 is 0 Å². The topological polar surface area (TPSA) is 84.9 Å². The number of piperidine rings is 1. The van der Waals surface area contributed by atoms with Crippen LogP contribution in [-0.2, 0) is 10.2 Å². The number of methoxy groups -OCH3 is 1. The molecule has 1 atom stereocenters. The first-order valence-corrected chi connectivity index (χ1v) is 10.1. The van der Waals surface area contributed by atoms with Crippen LogP contribution in [0.15, 0.2) is 36.7 Å². The van der Waals surface area contributed by atoms with E-state index in [1.165, 1.54) is 8.61 Å². The van der Waals surface area contributed by atoms with Crippen LogP contribution in [0.3, 0.4) is 0 Å². The first-order valence-electron chi connectivity index (χ1n) is 8.72. The Kier molecular flexibility index (Phi) is 5.93. The molecule has 2 heterocycles. The molecule has 0 unspecified atom stereocenters. The zero-order chi connectivity index (χ0) is 19.4. The van der Waals surface area contributed by atoms with Gasteiger partial charge in [-0.25, -0.2) is 4.98 Å². The van der Waals surface area contributed by atoms with Gasteiger partial charge in [0.1, 0.15) is 17.2 Å². The average Bonchev–Trinajstić information content (AvgIpc) is 2.69. The summed E-state index contributed by atoms with van der Waals surface area (Å²) in [6, 6.07) is 7.19. The maximum Gasteiger partial charge on any atom is 0.281 e. The second-order valence-electron chi connectivity index (χ2n) is 6.51. The molecular formula is C18H24N4O4S. The van der Waals surface area contributed by atoms with Crippen LogP contribution in [0, 0.1) is 0 Å². The van der Waals surface area contributed by atoms with Crippen LogP contribution in [0.2, 0.25) is 0 Å². The van der Waals surface area contributed by atoms with Gasteiger partial charge < -0.3 is 9.47 Å². The summed E-state index contributed by atoms with van der Waals surface area (Å²) in [6.07, 6.45) is 4.77. The number of rotatable bonds is 6. The van der Waals surface area contributed by atoms with Gasteiger partial charge in [-0.3, -0.25) is 4.98 Å². The molecule has 0 radical (unpaired) electrons. The zero-order valence-corrected chi connectivity index (χ0v) is 16.5. The number of hydrogen-bond donors (Lipinski definition) is 0. The summed E-state index contributed by atoms with van der Waals surface area (Å²) in [6.45, 7) is 0.865. The van der Waals surface area contributed by atoms with Crippen molar-refractivity contribution >= 4 is 10.2 Å². The fourth-order valence-electron chi connectivity index (χ4n) is 3.06. The lowest BCUT2D eigenvalue weighted by atomic mass is 9.96. The summed E-state index contributed by atoms with van der Waals surface area (Å²) in [5.74, 6) is 1.68. The minimum Gasteiger partial charge on any atom is -0.497 e. The van der Waals surface area contributed by atoms with Gasteiger partial charge in [-0.2, -0.15) is 17.0 Å². The summed E-state index contributed by atoms with van der Waals surface area (Å²) in [7, 11) is 1.23. The average molecular weight is 392 g/mol. The predicted octanol–water partition coefficient (Wildman–Crippen LogP) is 2.26. The van der Waals surface area contributed by atoms with E-state index in [0.717, 1.165) is 18.6 Å². The monoisotopic (exact) mass is 392 g/mol. The van der Waals surface area contributed by atoms with E-state index in [4.69, 9.17) is 9.47 Å². The number of nitrogens with zero attached hydrogens (tertiary/aromatic N) is 4. The van der Waals surface area contributed by atoms with E-state index in [0.29, 0.717) is 30.4 Å². The van der Waals surface area contributed by atoms with Gasteiger partial charge in [0.2, 0.25) is 5.88 Å². The second-order valence-corrected chi connectivity index (χ2v) is 8.65. The van der Waals surface area contributed by atoms with Crippen molar-refractivity contribution in [2.24, 2.45) is 0 Å². The van der Waals surface area contributed by atoms with Gasteiger partial charge in [0, 0.05) is 45.5 Å². The van der Waals surface area contributed by atoms with E-state index < -0.39 is 10.2 Å². The summed E-state index contributed by atoms with van der Waals surface area (Å²) < 4.78 is 38.7. The molecule has 27 heavy (non-hydrogen) atoms. The normalized spacial score (nSPS) is 18.4. The fourth-order valence-corrected chi connectivity index (χ4v) is 4.25. The van der Waals surface area contributed by atoms with Gasteiger partial charge in [-0.05, 0) is 37.1 Å². The van der Waals surface area contributed by atoms with Gasteiger partial charge in [-0.1, -0.05) is 0 Å². The number of ether oxygens (including phenoxy) is 2. The van der Waals surface area contributed by atoms with Crippen molar-refractivity contribution in [1.29, 1.82) is 0 Å². The van der Waals surface area contributed by atoms with Crippen LogP contribution >= 0.6 is 0 Å². The molecule has 0 bridgehead atoms. The molecule has 0 spiro atoms. The van der Waals surface area contributed by atoms with Crippen molar-refractivity contribution in [3.63, 3.8) is 0 Å². The van der Waals surface area contributed by atoms with Crippen molar-refractivity contribution in [3.8, 4) is 17.4 Å². The van der Waals surface area contributed by atoms with E-state index in [1.54, 1.807) is 57.9 Å². The third-order valence-electron chi connectivity index (χ3n) is 4.52. The Hall–Kier alpha value is -2.23. The fraction of sp³-hybridized carbons (Fsp3) is 0.444. The highest BCUT2D eigenvalue weighted by Gasteiger charge is 2.33. The van der Waals surface area contributed by atoms with Crippen molar-refractivity contribution in [3.05, 3.63) is 42.4 Å². The third-order valence-corrected chi connectivity index (χ3v) is 6.43. The van der Waals surface area contributed by atoms with E-state index in [1.807, 2.05) is 0 Å². The molecule has 1 fully saturated rings. The minimum absolute atomic E-state index is 0.0737. The Morgan fingerprint density at radius 3 is 2.44 bits per heavy atom. The quantitative estimate of drug-likeness (QED) is 0.750. The highest BCUT2D eigenvalue weighted by atomic mass is 32.2. The highest BCUT2D eigenvalue weighted by molar-refractivity contribution is 7.86. The van der Waals surface area contributed by atoms with Crippen molar-refractivity contribution in [2.75, 3.05) is 34.3 Å². The Balaban J connectivity index is 1.82. The number of benzene rings is 1. The minimum atomic E-state index is -3.46. The van der Waals surface area contributed by atoms with Gasteiger partial charge in [-0.15, -0.1) is 0 Å². The van der Waals surface area contributed by atoms with Crippen molar-refractivity contribution in [1.82, 2.24) is 18.6 Å². The van der Waals surface area contributed by atoms with E-state index in [2.05, 4.69) is 9.97 Å². The zero-order valence-electron chi connectivity index (χ0n) is 15.7. The molecule has 0 aliphatic carbocycles. The molecule has 2 aromatic rings. The SMILES string of the molecule is COc1ccc(Oc2nccnc2[C@@H]2CCCN(S(=O)(=O)N(C)C)C2)cc1. The van der Waals surface area contributed by atoms with Crippen molar-refractivity contribution < 1.29 is 17.9 Å². The molecule has 8 nitrogen and oxygen atoms in total. The summed E-state index contributed by atoms with van der Waals surface area (Å²) in [4.78, 5) is 8.77. The molecule has 1 saturated heterocycles. The van der Waals surface area contributed by atoms with Gasteiger partial charge in [0.05, 0.1) is 7.11 Å². The summed E-state index contributed by atoms with van der Waals surface area (Å²) in [5, 5.41) is 0. The van der Waals surface area contributed by atoms with Crippen LogP contribution in [0.25, 0.3) is 0 Å². The van der Waals surface area contributed by atoms with Gasteiger partial charge in [0.25, 0.3) is 10.2 Å². The first kappa shape index (κ1) is 19.5. The molecule has 1 aromatic heterocycles. The highest BCUT2D eigenvalue weighted by Crippen LogP contribution is 2.33. The van der Waals surface area contributed by atoms with Crippen LogP contribution in [0.5, 0.6) is 17.4 Å². The lowest BCUT2D eigenvalue weighted by Gasteiger charge is -2.33. The second kappa shape index (κ2) is 8.20. The standard InChI is InChI=1S/C18H24N4O4S/c1-21(2)27(23,24)22-12-4-5-14(13-22)17-18(20-11-10-19-17)26-16-8-6-15(25-3)7-9-16/h6-11,14H,4-5,12-13H2,1-3H3/t14-/m1/s1. The van der Waals surface area contributed by atoms with E-state index in [-0.39, 0.29) is 5.92 Å². The Morgan fingerprint density at radius 1 is 1.11 bits per heavy atom. The Bertz CT molecular complexity index is 871. The van der Waals surface area contributed by atoms with Gasteiger partial charge >= 0.3 is 0 Å². The summed E-state index contributed by atoms with van der Waals surface area (Å²) in [5.41, 5.74) is 0.673. The number of aromatic nitrogens is 2. The van der Waals surface area contributed by atoms with Crippen molar-refractivity contribution in [2.45, 2.75) is 18.8 Å². The largest absolute Gasteiger partial charge is 0.497 e. The molecule has 1 aliphatic heterocycles. The molecule has 1 aliphatic rings. The Morgan fingerprint density at radius 2 is 1.78 bits per heavy atom. The van der Waals surface area contributed by atoms with Crippen LogP contribution < -0.4 is 9.47 Å². The molecular weight excluding hydrogens is 368 g/mol. The maximum atomic E-state index is 12.5. The maximum absolute atomic E-state index is 12.5. The van der Waals surface area contributed by atoms with Crippen LogP contribution in [-0.4, -0.2) is 61.3 Å². The first-order chi connectivity index (χ1) is 12.9. The third kappa shape index (κ3) is 4.37. The smallest absolute Gasteiger partial charge is 0.281 e. The lowest BCUT2D eigenvalue weighted by Crippen LogP contribution is -2.45. The number of hydrogen-bond acceptors (Lipinski definition) is 6. The predicted molar refractivity (Wildman–Crippen MR) is 101 cm³/mol. The Labute approximate surface area is 159 Å². The summed E-state index contributed by atoms with van der Waals surface area (Å²) >= 11 is 0. The molecule has 3 rings (SSSR count).